The van der Waals surface area contributed by atoms with Gasteiger partial charge in [0, 0.05) is 10.5 Å². The molecule has 0 radical (unpaired) electrons. The van der Waals surface area contributed by atoms with Crippen molar-refractivity contribution in [2.75, 3.05) is 26.7 Å². The third-order valence-electron chi connectivity index (χ3n) is 2.35. The molecule has 0 aromatic rings. The van der Waals surface area contributed by atoms with Gasteiger partial charge in [0.2, 0.25) is 0 Å². The first-order valence-corrected chi connectivity index (χ1v) is 5.61. The molecule has 1 N–H and O–H groups in total. The lowest BCUT2D eigenvalue weighted by Gasteiger charge is -2.29. The lowest BCUT2D eigenvalue weighted by molar-refractivity contribution is 0.279. The fourth-order valence-electron chi connectivity index (χ4n) is 1.49. The zero-order valence-electron chi connectivity index (χ0n) is 7.99. The molecule has 0 aromatic carbocycles. The number of hydrogen-bond donors (Lipinski definition) is 1. The van der Waals surface area contributed by atoms with E-state index in [4.69, 9.17) is 5.11 Å². The Labute approximate surface area is 79.3 Å². The summed E-state index contributed by atoms with van der Waals surface area (Å²) in [5.74, 6) is 0. The average Bonchev–Trinajstić information content (AvgIpc) is 2.09. The fraction of sp³-hybridized carbons (Fsp3) is 1.00. The van der Waals surface area contributed by atoms with E-state index in [1.165, 1.54) is 25.9 Å². The minimum atomic E-state index is 0.316. The standard InChI is InChI=1S/C9H19NOS/c1-8(7-11)12-9-3-5-10(2)6-4-9/h8-9,11H,3-7H2,1-2H3. The molecule has 12 heavy (non-hydrogen) atoms. The molecular formula is C9H19NOS. The summed E-state index contributed by atoms with van der Waals surface area (Å²) in [7, 11) is 2.18. The van der Waals surface area contributed by atoms with Crippen LogP contribution in [-0.2, 0) is 0 Å². The van der Waals surface area contributed by atoms with E-state index < -0.39 is 0 Å². The van der Waals surface area contributed by atoms with Crippen molar-refractivity contribution in [3.63, 3.8) is 0 Å². The second-order valence-electron chi connectivity index (χ2n) is 3.63. The van der Waals surface area contributed by atoms with E-state index in [1.807, 2.05) is 11.8 Å². The number of piperidine rings is 1. The molecule has 0 spiro atoms. The summed E-state index contributed by atoms with van der Waals surface area (Å²) in [6.07, 6.45) is 2.57. The highest BCUT2D eigenvalue weighted by Crippen LogP contribution is 2.26. The van der Waals surface area contributed by atoms with Crippen molar-refractivity contribution < 1.29 is 5.11 Å². The third kappa shape index (κ3) is 3.33. The van der Waals surface area contributed by atoms with Gasteiger partial charge < -0.3 is 10.0 Å². The first-order chi connectivity index (χ1) is 5.72. The monoisotopic (exact) mass is 189 g/mol. The first kappa shape index (κ1) is 10.4. The van der Waals surface area contributed by atoms with E-state index in [-0.39, 0.29) is 0 Å². The summed E-state index contributed by atoms with van der Waals surface area (Å²) in [6, 6.07) is 0. The minimum absolute atomic E-state index is 0.316. The summed E-state index contributed by atoms with van der Waals surface area (Å²) in [6.45, 7) is 4.85. The number of hydrogen-bond acceptors (Lipinski definition) is 3. The summed E-state index contributed by atoms with van der Waals surface area (Å²) < 4.78 is 0. The molecule has 3 heteroatoms. The van der Waals surface area contributed by atoms with Gasteiger partial charge in [-0.15, -0.1) is 0 Å². The molecule has 1 aliphatic heterocycles. The van der Waals surface area contributed by atoms with Crippen molar-refractivity contribution in [2.45, 2.75) is 30.3 Å². The van der Waals surface area contributed by atoms with Crippen LogP contribution in [0.3, 0.4) is 0 Å². The van der Waals surface area contributed by atoms with Crippen molar-refractivity contribution in [3.05, 3.63) is 0 Å². The fourth-order valence-corrected chi connectivity index (χ4v) is 2.72. The molecule has 1 saturated heterocycles. The van der Waals surface area contributed by atoms with Gasteiger partial charge in [-0.1, -0.05) is 6.92 Å². The van der Waals surface area contributed by atoms with E-state index in [0.717, 1.165) is 5.25 Å². The second kappa shape index (κ2) is 5.10. The van der Waals surface area contributed by atoms with Crippen LogP contribution in [-0.4, -0.2) is 47.3 Å². The maximum absolute atomic E-state index is 8.89. The van der Waals surface area contributed by atoms with Gasteiger partial charge in [-0.25, -0.2) is 0 Å². The molecule has 2 nitrogen and oxygen atoms in total. The van der Waals surface area contributed by atoms with Crippen LogP contribution in [0, 0.1) is 0 Å². The molecule has 1 aliphatic rings. The Morgan fingerprint density at radius 1 is 1.50 bits per heavy atom. The minimum Gasteiger partial charge on any atom is -0.395 e. The molecule has 0 aromatic heterocycles. The molecule has 1 rings (SSSR count). The van der Waals surface area contributed by atoms with Gasteiger partial charge in [-0.05, 0) is 33.0 Å². The number of likely N-dealkylation sites (tertiary alicyclic amines) is 1. The van der Waals surface area contributed by atoms with Gasteiger partial charge in [0.15, 0.2) is 0 Å². The Morgan fingerprint density at radius 2 is 2.08 bits per heavy atom. The number of thioether (sulfide) groups is 1. The molecule has 0 saturated carbocycles. The van der Waals surface area contributed by atoms with E-state index in [0.29, 0.717) is 11.9 Å². The smallest absolute Gasteiger partial charge is 0.0547 e. The van der Waals surface area contributed by atoms with Gasteiger partial charge in [-0.2, -0.15) is 11.8 Å². The molecule has 0 amide bonds. The number of nitrogens with zero attached hydrogens (tertiary/aromatic N) is 1. The molecule has 0 aliphatic carbocycles. The average molecular weight is 189 g/mol. The van der Waals surface area contributed by atoms with Crippen LogP contribution in [0.5, 0.6) is 0 Å². The predicted molar refractivity (Wildman–Crippen MR) is 54.7 cm³/mol. The lowest BCUT2D eigenvalue weighted by atomic mass is 10.1. The Bertz CT molecular complexity index is 124. The summed E-state index contributed by atoms with van der Waals surface area (Å²) in [4.78, 5) is 2.38. The van der Waals surface area contributed by atoms with Gasteiger partial charge >= 0.3 is 0 Å². The highest BCUT2D eigenvalue weighted by Gasteiger charge is 2.18. The largest absolute Gasteiger partial charge is 0.395 e. The van der Waals surface area contributed by atoms with Crippen LogP contribution in [0.15, 0.2) is 0 Å². The molecule has 1 fully saturated rings. The second-order valence-corrected chi connectivity index (χ2v) is 5.38. The van der Waals surface area contributed by atoms with E-state index in [1.54, 1.807) is 0 Å². The quantitative estimate of drug-likeness (QED) is 0.721. The summed E-state index contributed by atoms with van der Waals surface area (Å²) >= 11 is 1.95. The van der Waals surface area contributed by atoms with Crippen LogP contribution in [0.4, 0.5) is 0 Å². The van der Waals surface area contributed by atoms with E-state index >= 15 is 0 Å². The maximum Gasteiger partial charge on any atom is 0.0547 e. The van der Waals surface area contributed by atoms with Crippen LogP contribution in [0.1, 0.15) is 19.8 Å². The molecule has 0 bridgehead atoms. The third-order valence-corrected chi connectivity index (χ3v) is 3.82. The van der Waals surface area contributed by atoms with E-state index in [9.17, 15) is 0 Å². The van der Waals surface area contributed by atoms with Gasteiger partial charge in [0.1, 0.15) is 0 Å². The van der Waals surface area contributed by atoms with Gasteiger partial charge in [-0.3, -0.25) is 0 Å². The highest BCUT2D eigenvalue weighted by atomic mass is 32.2. The number of aliphatic hydroxyl groups is 1. The molecule has 72 valence electrons. The normalized spacial score (nSPS) is 24.2. The highest BCUT2D eigenvalue weighted by molar-refractivity contribution is 8.00. The van der Waals surface area contributed by atoms with Crippen molar-refractivity contribution in [3.8, 4) is 0 Å². The summed E-state index contributed by atoms with van der Waals surface area (Å²) in [5.41, 5.74) is 0. The molecule has 1 unspecified atom stereocenters. The Kier molecular flexibility index (Phi) is 4.40. The Morgan fingerprint density at radius 3 is 2.58 bits per heavy atom. The van der Waals surface area contributed by atoms with Gasteiger partial charge in [0.25, 0.3) is 0 Å². The van der Waals surface area contributed by atoms with Crippen LogP contribution < -0.4 is 0 Å². The molecule has 1 heterocycles. The van der Waals surface area contributed by atoms with Crippen molar-refractivity contribution >= 4 is 11.8 Å². The topological polar surface area (TPSA) is 23.5 Å². The van der Waals surface area contributed by atoms with Crippen molar-refractivity contribution in [1.82, 2.24) is 4.90 Å². The summed E-state index contributed by atoms with van der Waals surface area (Å²) in [5, 5.41) is 10.1. The number of aliphatic hydroxyl groups excluding tert-OH is 1. The van der Waals surface area contributed by atoms with Crippen LogP contribution in [0.25, 0.3) is 0 Å². The first-order valence-electron chi connectivity index (χ1n) is 4.67. The number of rotatable bonds is 3. The van der Waals surface area contributed by atoms with E-state index in [2.05, 4.69) is 18.9 Å². The zero-order valence-corrected chi connectivity index (χ0v) is 8.81. The van der Waals surface area contributed by atoms with Crippen LogP contribution >= 0.6 is 11.8 Å². The van der Waals surface area contributed by atoms with Crippen LogP contribution in [0.2, 0.25) is 0 Å². The van der Waals surface area contributed by atoms with Crippen molar-refractivity contribution in [2.24, 2.45) is 0 Å². The zero-order chi connectivity index (χ0) is 8.97. The Hall–Kier alpha value is 0.270. The van der Waals surface area contributed by atoms with Crippen molar-refractivity contribution in [1.29, 1.82) is 0 Å². The maximum atomic E-state index is 8.89. The Balaban J connectivity index is 2.17. The molecular weight excluding hydrogens is 170 g/mol. The van der Waals surface area contributed by atoms with Gasteiger partial charge in [0.05, 0.1) is 6.61 Å². The molecule has 1 atom stereocenters. The lowest BCUT2D eigenvalue weighted by Crippen LogP contribution is -2.32. The predicted octanol–water partition coefficient (Wildman–Crippen LogP) is 1.19. The SMILES string of the molecule is CC(CO)SC1CCN(C)CC1.